The summed E-state index contributed by atoms with van der Waals surface area (Å²) in [6.45, 7) is 6.41. The van der Waals surface area contributed by atoms with Gasteiger partial charge in [-0.05, 0) is 81.7 Å². The SMILES string of the molecule is Cc1cc(NC(=O)c2c(C)c(C(=O)C(=O)NC3(C(F)(F)F)CCC(C)CC3)n(C)c2C)ccc1F. The van der Waals surface area contributed by atoms with Crippen molar-refractivity contribution in [1.82, 2.24) is 9.88 Å². The number of alkyl halides is 3. The van der Waals surface area contributed by atoms with E-state index in [1.807, 2.05) is 12.2 Å². The number of benzene rings is 1. The maximum Gasteiger partial charge on any atom is 0.411 e. The minimum absolute atomic E-state index is 0.0989. The number of halogens is 4. The second kappa shape index (κ2) is 9.47. The van der Waals surface area contributed by atoms with Crippen LogP contribution in [0.4, 0.5) is 23.2 Å². The molecule has 10 heteroatoms. The number of Topliss-reactive ketones (excluding diaryl/α,β-unsaturated/α-hetero) is 1. The standard InChI is InChI=1S/C25H29F4N3O3/c1-13-8-10-24(11-9-13,25(27,28)29)31-23(35)21(33)20-15(3)19(16(4)32(20)5)22(34)30-17-6-7-18(26)14(2)12-17/h6-7,12-13H,8-11H2,1-5H3,(H,30,34)(H,31,35). The third kappa shape index (κ3) is 4.97. The number of nitrogens with one attached hydrogen (secondary N) is 2. The Morgan fingerprint density at radius 1 is 1.09 bits per heavy atom. The number of carbonyl (C=O) groups excluding carboxylic acids is 3. The van der Waals surface area contributed by atoms with Crippen molar-refractivity contribution < 1.29 is 31.9 Å². The van der Waals surface area contributed by atoms with Crippen molar-refractivity contribution >= 4 is 23.3 Å². The lowest BCUT2D eigenvalue weighted by atomic mass is 9.76. The zero-order valence-corrected chi connectivity index (χ0v) is 20.3. The zero-order chi connectivity index (χ0) is 26.3. The topological polar surface area (TPSA) is 80.2 Å². The number of nitrogens with zero attached hydrogens (tertiary/aromatic N) is 1. The maximum absolute atomic E-state index is 13.9. The Hall–Kier alpha value is -3.17. The Balaban J connectivity index is 1.89. The second-order valence-corrected chi connectivity index (χ2v) is 9.46. The van der Waals surface area contributed by atoms with Gasteiger partial charge in [-0.25, -0.2) is 4.39 Å². The molecule has 3 rings (SSSR count). The van der Waals surface area contributed by atoms with E-state index in [9.17, 15) is 31.9 Å². The van der Waals surface area contributed by atoms with Crippen molar-refractivity contribution in [2.75, 3.05) is 5.32 Å². The second-order valence-electron chi connectivity index (χ2n) is 9.46. The number of anilines is 1. The average Bonchev–Trinajstić information content (AvgIpc) is 2.99. The summed E-state index contributed by atoms with van der Waals surface area (Å²) in [5, 5.41) is 4.62. The summed E-state index contributed by atoms with van der Waals surface area (Å²) in [5.74, 6) is -3.43. The Morgan fingerprint density at radius 2 is 1.69 bits per heavy atom. The van der Waals surface area contributed by atoms with Gasteiger partial charge in [-0.3, -0.25) is 14.4 Å². The number of carbonyl (C=O) groups is 3. The molecule has 190 valence electrons. The van der Waals surface area contributed by atoms with Crippen LogP contribution in [0.15, 0.2) is 18.2 Å². The van der Waals surface area contributed by atoms with Crippen LogP contribution >= 0.6 is 0 Å². The van der Waals surface area contributed by atoms with Gasteiger partial charge in [0.2, 0.25) is 0 Å². The van der Waals surface area contributed by atoms with Gasteiger partial charge in [0.15, 0.2) is 0 Å². The highest BCUT2D eigenvalue weighted by Gasteiger charge is 2.57. The van der Waals surface area contributed by atoms with E-state index >= 15 is 0 Å². The van der Waals surface area contributed by atoms with Gasteiger partial charge in [0.25, 0.3) is 17.6 Å². The van der Waals surface area contributed by atoms with Gasteiger partial charge in [0.05, 0.1) is 11.3 Å². The minimum atomic E-state index is -4.71. The fourth-order valence-electron chi connectivity index (χ4n) is 4.67. The summed E-state index contributed by atoms with van der Waals surface area (Å²) in [6.07, 6.45) is -4.74. The summed E-state index contributed by atoms with van der Waals surface area (Å²) in [5.41, 5.74) is -1.33. The van der Waals surface area contributed by atoms with Crippen LogP contribution in [0.3, 0.4) is 0 Å². The third-order valence-corrected chi connectivity index (χ3v) is 7.02. The Bertz CT molecular complexity index is 1180. The predicted octanol–water partition coefficient (Wildman–Crippen LogP) is 5.15. The number of amides is 2. The molecule has 1 heterocycles. The molecule has 1 aromatic heterocycles. The molecule has 0 radical (unpaired) electrons. The Labute approximate surface area is 201 Å². The van der Waals surface area contributed by atoms with Crippen LogP contribution in [0.25, 0.3) is 0 Å². The molecular weight excluding hydrogens is 466 g/mol. The average molecular weight is 496 g/mol. The molecule has 2 amide bonds. The van der Waals surface area contributed by atoms with Crippen molar-refractivity contribution in [3.63, 3.8) is 0 Å². The highest BCUT2D eigenvalue weighted by molar-refractivity contribution is 6.43. The normalized spacial score (nSPS) is 20.4. The highest BCUT2D eigenvalue weighted by Crippen LogP contribution is 2.43. The number of hydrogen-bond donors (Lipinski definition) is 2. The Morgan fingerprint density at radius 3 is 2.23 bits per heavy atom. The summed E-state index contributed by atoms with van der Waals surface area (Å²) < 4.78 is 56.7. The predicted molar refractivity (Wildman–Crippen MR) is 123 cm³/mol. The molecule has 0 spiro atoms. The fraction of sp³-hybridized carbons (Fsp3) is 0.480. The monoisotopic (exact) mass is 495 g/mol. The Kier molecular flexibility index (Phi) is 7.15. The molecule has 1 aliphatic rings. The van der Waals surface area contributed by atoms with Crippen molar-refractivity contribution in [2.45, 2.75) is 65.1 Å². The van der Waals surface area contributed by atoms with Crippen molar-refractivity contribution in [3.05, 3.63) is 52.1 Å². The van der Waals surface area contributed by atoms with E-state index < -0.39 is 35.1 Å². The van der Waals surface area contributed by atoms with Gasteiger partial charge in [0, 0.05) is 18.4 Å². The van der Waals surface area contributed by atoms with Crippen molar-refractivity contribution in [3.8, 4) is 0 Å². The maximum atomic E-state index is 13.9. The van der Waals surface area contributed by atoms with Crippen molar-refractivity contribution in [2.24, 2.45) is 13.0 Å². The number of rotatable bonds is 5. The van der Waals surface area contributed by atoms with E-state index in [0.29, 0.717) is 16.9 Å². The lowest BCUT2D eigenvalue weighted by molar-refractivity contribution is -0.207. The highest BCUT2D eigenvalue weighted by atomic mass is 19.4. The number of aromatic nitrogens is 1. The summed E-state index contributed by atoms with van der Waals surface area (Å²) in [4.78, 5) is 38.8. The molecule has 1 saturated carbocycles. The van der Waals surface area contributed by atoms with Crippen LogP contribution in [0.2, 0.25) is 0 Å². The van der Waals surface area contributed by atoms with Crippen LogP contribution < -0.4 is 10.6 Å². The third-order valence-electron chi connectivity index (χ3n) is 7.02. The van der Waals surface area contributed by atoms with Crippen LogP contribution in [-0.4, -0.2) is 33.9 Å². The molecule has 0 atom stereocenters. The molecule has 0 bridgehead atoms. The number of ketones is 1. The first kappa shape index (κ1) is 26.4. The van der Waals surface area contributed by atoms with Gasteiger partial charge in [-0.15, -0.1) is 0 Å². The van der Waals surface area contributed by atoms with E-state index in [0.717, 1.165) is 0 Å². The lowest BCUT2D eigenvalue weighted by Gasteiger charge is -2.41. The minimum Gasteiger partial charge on any atom is -0.344 e. The molecular formula is C25H29F4N3O3. The van der Waals surface area contributed by atoms with Gasteiger partial charge >= 0.3 is 6.18 Å². The first-order valence-corrected chi connectivity index (χ1v) is 11.4. The zero-order valence-electron chi connectivity index (χ0n) is 20.3. The molecule has 0 saturated heterocycles. The molecule has 1 aliphatic carbocycles. The quantitative estimate of drug-likeness (QED) is 0.342. The first-order chi connectivity index (χ1) is 16.2. The fourth-order valence-corrected chi connectivity index (χ4v) is 4.67. The summed E-state index contributed by atoms with van der Waals surface area (Å²) in [7, 11) is 1.46. The largest absolute Gasteiger partial charge is 0.411 e. The molecule has 1 fully saturated rings. The molecule has 2 aromatic rings. The van der Waals surface area contributed by atoms with Crippen molar-refractivity contribution in [1.29, 1.82) is 0 Å². The summed E-state index contributed by atoms with van der Waals surface area (Å²) in [6, 6.07) is 4.04. The van der Waals surface area contributed by atoms with E-state index in [4.69, 9.17) is 0 Å². The molecule has 1 aromatic carbocycles. The van der Waals surface area contributed by atoms with E-state index in [1.54, 1.807) is 13.8 Å². The first-order valence-electron chi connectivity index (χ1n) is 11.4. The summed E-state index contributed by atoms with van der Waals surface area (Å²) >= 11 is 0. The van der Waals surface area contributed by atoms with Gasteiger partial charge in [-0.2, -0.15) is 13.2 Å². The van der Waals surface area contributed by atoms with E-state index in [1.165, 1.54) is 36.7 Å². The van der Waals surface area contributed by atoms with Crippen LogP contribution in [0, 0.1) is 32.5 Å². The van der Waals surface area contributed by atoms with E-state index in [-0.39, 0.29) is 48.4 Å². The number of hydrogen-bond acceptors (Lipinski definition) is 3. The molecule has 0 unspecified atom stereocenters. The molecule has 0 aliphatic heterocycles. The van der Waals surface area contributed by atoms with Crippen LogP contribution in [0.1, 0.15) is 70.3 Å². The van der Waals surface area contributed by atoms with Gasteiger partial charge in [0.1, 0.15) is 11.4 Å². The van der Waals surface area contributed by atoms with E-state index in [2.05, 4.69) is 5.32 Å². The van der Waals surface area contributed by atoms with Crippen LogP contribution in [-0.2, 0) is 11.8 Å². The molecule has 6 nitrogen and oxygen atoms in total. The van der Waals surface area contributed by atoms with Gasteiger partial charge < -0.3 is 15.2 Å². The smallest absolute Gasteiger partial charge is 0.344 e. The van der Waals surface area contributed by atoms with Crippen LogP contribution in [0.5, 0.6) is 0 Å². The van der Waals surface area contributed by atoms with Gasteiger partial charge in [-0.1, -0.05) is 6.92 Å². The molecule has 35 heavy (non-hydrogen) atoms. The lowest BCUT2D eigenvalue weighted by Crippen LogP contribution is -2.61. The number of aryl methyl sites for hydroxylation is 1. The molecule has 2 N–H and O–H groups in total.